The molecule has 2 amide bonds. The Hall–Kier alpha value is -2.15. The second-order valence-corrected chi connectivity index (χ2v) is 4.04. The van der Waals surface area contributed by atoms with Gasteiger partial charge in [-0.3, -0.25) is 9.59 Å². The zero-order chi connectivity index (χ0) is 14.6. The lowest BCUT2D eigenvalue weighted by atomic mass is 10.1. The number of halogens is 2. The summed E-state index contributed by atoms with van der Waals surface area (Å²) in [7, 11) is 0. The Balaban J connectivity index is 2.94. The standard InChI is InChI=1S/C11H10ClFN2O4/c12-5-2-1-3-6(13)9(5)10(17)15-7(11(18)19)4-8(14)16/h1-3,7H,4H2,(H2,14,16)(H,15,17)(H,18,19)/t7-/m1/s1. The minimum absolute atomic E-state index is 0.166. The maximum atomic E-state index is 13.4. The van der Waals surface area contributed by atoms with E-state index in [0.29, 0.717) is 0 Å². The number of carbonyl (C=O) groups excluding carboxylic acids is 2. The maximum Gasteiger partial charge on any atom is 0.326 e. The SMILES string of the molecule is NC(=O)C[C@@H](NC(=O)c1c(F)cccc1Cl)C(=O)O. The minimum Gasteiger partial charge on any atom is -0.480 e. The zero-order valence-electron chi connectivity index (χ0n) is 9.52. The molecule has 102 valence electrons. The molecule has 6 nitrogen and oxygen atoms in total. The largest absolute Gasteiger partial charge is 0.480 e. The number of amides is 2. The van der Waals surface area contributed by atoms with Crippen LogP contribution in [0.2, 0.25) is 5.02 Å². The lowest BCUT2D eigenvalue weighted by molar-refractivity contribution is -0.140. The van der Waals surface area contributed by atoms with Crippen molar-refractivity contribution in [2.75, 3.05) is 0 Å². The number of primary amides is 1. The maximum absolute atomic E-state index is 13.4. The molecule has 19 heavy (non-hydrogen) atoms. The van der Waals surface area contributed by atoms with Crippen LogP contribution >= 0.6 is 11.6 Å². The quantitative estimate of drug-likeness (QED) is 0.734. The van der Waals surface area contributed by atoms with Gasteiger partial charge in [0.2, 0.25) is 5.91 Å². The van der Waals surface area contributed by atoms with E-state index >= 15 is 0 Å². The summed E-state index contributed by atoms with van der Waals surface area (Å²) in [4.78, 5) is 33.2. The average Bonchev–Trinajstić information content (AvgIpc) is 2.27. The summed E-state index contributed by atoms with van der Waals surface area (Å²) >= 11 is 5.65. The first kappa shape index (κ1) is 14.9. The van der Waals surface area contributed by atoms with Gasteiger partial charge in [-0.2, -0.15) is 0 Å². The van der Waals surface area contributed by atoms with E-state index < -0.39 is 41.6 Å². The lowest BCUT2D eigenvalue weighted by Gasteiger charge is -2.13. The van der Waals surface area contributed by atoms with Crippen molar-refractivity contribution >= 4 is 29.4 Å². The van der Waals surface area contributed by atoms with Gasteiger partial charge in [0.05, 0.1) is 17.0 Å². The fourth-order valence-corrected chi connectivity index (χ4v) is 1.60. The van der Waals surface area contributed by atoms with Crippen LogP contribution in [-0.4, -0.2) is 28.9 Å². The van der Waals surface area contributed by atoms with Crippen LogP contribution in [0.15, 0.2) is 18.2 Å². The van der Waals surface area contributed by atoms with E-state index in [-0.39, 0.29) is 5.02 Å². The van der Waals surface area contributed by atoms with Gasteiger partial charge < -0.3 is 16.2 Å². The van der Waals surface area contributed by atoms with E-state index in [1.54, 1.807) is 0 Å². The molecule has 0 saturated heterocycles. The summed E-state index contributed by atoms with van der Waals surface area (Å²) < 4.78 is 13.4. The van der Waals surface area contributed by atoms with Gasteiger partial charge in [-0.1, -0.05) is 17.7 Å². The van der Waals surface area contributed by atoms with Crippen molar-refractivity contribution in [2.45, 2.75) is 12.5 Å². The first-order valence-corrected chi connectivity index (χ1v) is 5.46. The topological polar surface area (TPSA) is 109 Å². The van der Waals surface area contributed by atoms with Gasteiger partial charge in [0.15, 0.2) is 0 Å². The third kappa shape index (κ3) is 3.92. The van der Waals surface area contributed by atoms with Crippen molar-refractivity contribution in [1.29, 1.82) is 0 Å². The predicted molar refractivity (Wildman–Crippen MR) is 64.1 cm³/mol. The van der Waals surface area contributed by atoms with E-state index in [4.69, 9.17) is 22.4 Å². The normalized spacial score (nSPS) is 11.7. The molecule has 0 bridgehead atoms. The smallest absolute Gasteiger partial charge is 0.326 e. The van der Waals surface area contributed by atoms with E-state index in [9.17, 15) is 18.8 Å². The number of carboxylic acid groups (broad SMARTS) is 1. The lowest BCUT2D eigenvalue weighted by Crippen LogP contribution is -2.43. The van der Waals surface area contributed by atoms with Crippen LogP contribution in [0.3, 0.4) is 0 Å². The summed E-state index contributed by atoms with van der Waals surface area (Å²) in [5.74, 6) is -4.29. The number of carbonyl (C=O) groups is 3. The van der Waals surface area contributed by atoms with Crippen molar-refractivity contribution in [3.05, 3.63) is 34.6 Å². The fraction of sp³-hybridized carbons (Fsp3) is 0.182. The first-order valence-electron chi connectivity index (χ1n) is 5.09. The summed E-state index contributed by atoms with van der Waals surface area (Å²) in [5, 5.41) is 10.6. The summed E-state index contributed by atoms with van der Waals surface area (Å²) in [5.41, 5.74) is 4.37. The van der Waals surface area contributed by atoms with Gasteiger partial charge in [-0.05, 0) is 12.1 Å². The van der Waals surface area contributed by atoms with Crippen LogP contribution in [0.25, 0.3) is 0 Å². The third-order valence-electron chi connectivity index (χ3n) is 2.20. The molecule has 0 spiro atoms. The summed E-state index contributed by atoms with van der Waals surface area (Å²) in [6, 6.07) is 2.04. The Morgan fingerprint density at radius 2 is 2.05 bits per heavy atom. The van der Waals surface area contributed by atoms with E-state index in [2.05, 4.69) is 0 Å². The van der Waals surface area contributed by atoms with Crippen LogP contribution in [0, 0.1) is 5.82 Å². The number of nitrogens with two attached hydrogens (primary N) is 1. The molecule has 1 aromatic carbocycles. The highest BCUT2D eigenvalue weighted by molar-refractivity contribution is 6.33. The monoisotopic (exact) mass is 288 g/mol. The molecule has 0 aliphatic heterocycles. The van der Waals surface area contributed by atoms with Crippen LogP contribution in [0.1, 0.15) is 16.8 Å². The Bertz CT molecular complexity index is 515. The number of rotatable bonds is 5. The third-order valence-corrected chi connectivity index (χ3v) is 2.51. The Morgan fingerprint density at radius 1 is 1.42 bits per heavy atom. The Labute approximate surface area is 112 Å². The Morgan fingerprint density at radius 3 is 2.53 bits per heavy atom. The van der Waals surface area contributed by atoms with Gasteiger partial charge in [-0.25, -0.2) is 9.18 Å². The van der Waals surface area contributed by atoms with Crippen LogP contribution in [0.4, 0.5) is 4.39 Å². The van der Waals surface area contributed by atoms with E-state index in [0.717, 1.165) is 6.07 Å². The highest BCUT2D eigenvalue weighted by Crippen LogP contribution is 2.18. The van der Waals surface area contributed by atoms with Gasteiger partial charge >= 0.3 is 5.97 Å². The molecule has 0 aliphatic carbocycles. The molecular weight excluding hydrogens is 279 g/mol. The summed E-state index contributed by atoms with van der Waals surface area (Å²) in [6.45, 7) is 0. The van der Waals surface area contributed by atoms with Gasteiger partial charge in [0.25, 0.3) is 5.91 Å². The summed E-state index contributed by atoms with van der Waals surface area (Å²) in [6.07, 6.45) is -0.604. The molecule has 0 heterocycles. The number of benzene rings is 1. The van der Waals surface area contributed by atoms with Crippen molar-refractivity contribution in [3.8, 4) is 0 Å². The molecule has 4 N–H and O–H groups in total. The molecule has 1 aromatic rings. The molecule has 0 fully saturated rings. The van der Waals surface area contributed by atoms with E-state index in [1.165, 1.54) is 12.1 Å². The van der Waals surface area contributed by atoms with Crippen LogP contribution < -0.4 is 11.1 Å². The number of aliphatic carboxylic acids is 1. The molecule has 0 radical (unpaired) electrons. The molecule has 1 rings (SSSR count). The second-order valence-electron chi connectivity index (χ2n) is 3.63. The number of hydrogen-bond acceptors (Lipinski definition) is 3. The van der Waals surface area contributed by atoms with Crippen molar-refractivity contribution in [1.82, 2.24) is 5.32 Å². The van der Waals surface area contributed by atoms with Crippen molar-refractivity contribution in [2.24, 2.45) is 5.73 Å². The Kier molecular flexibility index (Phi) is 4.82. The van der Waals surface area contributed by atoms with Gasteiger partial charge in [0.1, 0.15) is 11.9 Å². The molecular formula is C11H10ClFN2O4. The highest BCUT2D eigenvalue weighted by atomic mass is 35.5. The molecule has 0 aliphatic rings. The number of nitrogens with one attached hydrogen (secondary N) is 1. The number of hydrogen-bond donors (Lipinski definition) is 3. The fourth-order valence-electron chi connectivity index (χ4n) is 1.35. The second kappa shape index (κ2) is 6.14. The average molecular weight is 289 g/mol. The van der Waals surface area contributed by atoms with Crippen molar-refractivity contribution in [3.63, 3.8) is 0 Å². The molecule has 0 saturated carbocycles. The molecule has 0 unspecified atom stereocenters. The molecule has 8 heteroatoms. The van der Waals surface area contributed by atoms with E-state index in [1.807, 2.05) is 5.32 Å². The molecule has 0 aromatic heterocycles. The molecule has 1 atom stereocenters. The van der Waals surface area contributed by atoms with Crippen molar-refractivity contribution < 1.29 is 23.9 Å². The minimum atomic E-state index is -1.54. The van der Waals surface area contributed by atoms with Gasteiger partial charge in [-0.15, -0.1) is 0 Å². The van der Waals surface area contributed by atoms with Crippen LogP contribution in [-0.2, 0) is 9.59 Å². The predicted octanol–water partition coefficient (Wildman–Crippen LogP) is 0.537. The van der Waals surface area contributed by atoms with Crippen LogP contribution in [0.5, 0.6) is 0 Å². The first-order chi connectivity index (χ1) is 8.82. The van der Waals surface area contributed by atoms with Gasteiger partial charge in [0, 0.05) is 0 Å². The zero-order valence-corrected chi connectivity index (χ0v) is 10.3. The number of carboxylic acids is 1. The highest BCUT2D eigenvalue weighted by Gasteiger charge is 2.25.